The Morgan fingerprint density at radius 3 is 2.71 bits per heavy atom. The van der Waals surface area contributed by atoms with Gasteiger partial charge in [-0.2, -0.15) is 5.26 Å². The Bertz CT molecular complexity index is 545. The summed E-state index contributed by atoms with van der Waals surface area (Å²) in [5.74, 6) is 0.465. The van der Waals surface area contributed by atoms with Gasteiger partial charge >= 0.3 is 0 Å². The van der Waals surface area contributed by atoms with E-state index in [-0.39, 0.29) is 0 Å². The summed E-state index contributed by atoms with van der Waals surface area (Å²) in [5, 5.41) is 11.8. The van der Waals surface area contributed by atoms with Crippen LogP contribution >= 0.6 is 15.9 Å². The van der Waals surface area contributed by atoms with Crippen LogP contribution in [0.5, 0.6) is 0 Å². The second-order valence-corrected chi connectivity index (χ2v) is 4.27. The molecule has 0 aliphatic rings. The van der Waals surface area contributed by atoms with Gasteiger partial charge in [-0.15, -0.1) is 0 Å². The van der Waals surface area contributed by atoms with E-state index >= 15 is 0 Å². The lowest BCUT2D eigenvalue weighted by Crippen LogP contribution is -2.03. The summed E-state index contributed by atoms with van der Waals surface area (Å²) in [5.41, 5.74) is 1.48. The molecule has 0 atom stereocenters. The molecule has 0 saturated heterocycles. The first-order valence-corrected chi connectivity index (χ1v) is 5.79. The maximum atomic E-state index is 8.70. The van der Waals surface area contributed by atoms with Crippen molar-refractivity contribution in [1.29, 1.82) is 5.26 Å². The second-order valence-electron chi connectivity index (χ2n) is 3.36. The first-order chi connectivity index (χ1) is 8.28. The van der Waals surface area contributed by atoms with Crippen LogP contribution in [0.2, 0.25) is 0 Å². The van der Waals surface area contributed by atoms with E-state index in [1.165, 1.54) is 0 Å². The smallest absolute Gasteiger partial charge is 0.224 e. The average molecular weight is 289 g/mol. The zero-order valence-corrected chi connectivity index (χ0v) is 10.5. The van der Waals surface area contributed by atoms with Gasteiger partial charge in [0.05, 0.1) is 0 Å². The molecule has 1 heterocycles. The van der Waals surface area contributed by atoms with Gasteiger partial charge in [-0.3, -0.25) is 0 Å². The Hall–Kier alpha value is -1.93. The molecule has 0 amide bonds. The highest BCUT2D eigenvalue weighted by Gasteiger charge is 1.98. The molecule has 17 heavy (non-hydrogen) atoms. The Kier molecular flexibility index (Phi) is 3.68. The lowest BCUT2D eigenvalue weighted by atomic mass is 10.2. The van der Waals surface area contributed by atoms with Gasteiger partial charge in [0.1, 0.15) is 11.8 Å². The summed E-state index contributed by atoms with van der Waals surface area (Å²) in [6.45, 7) is 0.627. The maximum absolute atomic E-state index is 8.70. The van der Waals surface area contributed by atoms with Gasteiger partial charge in [0.2, 0.25) is 5.95 Å². The third kappa shape index (κ3) is 3.26. The molecule has 1 aromatic heterocycles. The Morgan fingerprint density at radius 1 is 1.24 bits per heavy atom. The molecule has 0 bridgehead atoms. The molecule has 0 fully saturated rings. The molecule has 0 unspecified atom stereocenters. The Balaban J connectivity index is 2.02. The minimum atomic E-state index is 0.360. The predicted molar refractivity (Wildman–Crippen MR) is 68.2 cm³/mol. The first-order valence-electron chi connectivity index (χ1n) is 4.99. The molecule has 0 radical (unpaired) electrons. The molecule has 4 nitrogen and oxygen atoms in total. The molecular weight excluding hydrogens is 280 g/mol. The fraction of sp³-hybridized carbons (Fsp3) is 0.0833. The fourth-order valence-electron chi connectivity index (χ4n) is 1.29. The number of hydrogen-bond donors (Lipinski definition) is 1. The average Bonchev–Trinajstić information content (AvgIpc) is 2.38. The predicted octanol–water partition coefficient (Wildman–Crippen LogP) is 2.72. The molecule has 1 N–H and O–H groups in total. The number of rotatable bonds is 3. The molecule has 1 aromatic carbocycles. The lowest BCUT2D eigenvalue weighted by molar-refractivity contribution is 1.04. The van der Waals surface area contributed by atoms with Crippen molar-refractivity contribution < 1.29 is 0 Å². The fourth-order valence-corrected chi connectivity index (χ4v) is 1.55. The van der Waals surface area contributed by atoms with E-state index in [0.717, 1.165) is 10.0 Å². The number of aromatic nitrogens is 2. The number of hydrogen-bond acceptors (Lipinski definition) is 4. The van der Waals surface area contributed by atoms with Gasteiger partial charge in [0.25, 0.3) is 0 Å². The van der Waals surface area contributed by atoms with Crippen molar-refractivity contribution in [1.82, 2.24) is 9.97 Å². The monoisotopic (exact) mass is 288 g/mol. The minimum absolute atomic E-state index is 0.360. The van der Waals surface area contributed by atoms with Crippen LogP contribution in [-0.4, -0.2) is 9.97 Å². The van der Waals surface area contributed by atoms with Gasteiger partial charge in [-0.1, -0.05) is 28.1 Å². The normalized spacial score (nSPS) is 9.65. The number of nitrogens with one attached hydrogen (secondary N) is 1. The van der Waals surface area contributed by atoms with Crippen molar-refractivity contribution >= 4 is 21.9 Å². The molecule has 5 heteroatoms. The van der Waals surface area contributed by atoms with Crippen LogP contribution in [0.4, 0.5) is 5.95 Å². The van der Waals surface area contributed by atoms with Crippen LogP contribution in [0.15, 0.2) is 41.0 Å². The highest BCUT2D eigenvalue weighted by molar-refractivity contribution is 9.10. The third-order valence-corrected chi connectivity index (χ3v) is 2.66. The third-order valence-electron chi connectivity index (χ3n) is 2.13. The van der Waals surface area contributed by atoms with E-state index in [1.54, 1.807) is 12.3 Å². The van der Waals surface area contributed by atoms with Gasteiger partial charge in [0.15, 0.2) is 0 Å². The highest BCUT2D eigenvalue weighted by Crippen LogP contribution is 2.11. The molecule has 0 aliphatic heterocycles. The van der Waals surface area contributed by atoms with E-state index in [4.69, 9.17) is 5.26 Å². The van der Waals surface area contributed by atoms with Crippen LogP contribution < -0.4 is 5.32 Å². The first kappa shape index (κ1) is 11.6. The Morgan fingerprint density at radius 2 is 2.00 bits per heavy atom. The summed E-state index contributed by atoms with van der Waals surface area (Å²) >= 11 is 3.38. The topological polar surface area (TPSA) is 61.6 Å². The Labute approximate surface area is 107 Å². The summed E-state index contributed by atoms with van der Waals surface area (Å²) in [6.07, 6.45) is 1.56. The van der Waals surface area contributed by atoms with Crippen LogP contribution in [0.1, 0.15) is 11.3 Å². The SMILES string of the molecule is N#Cc1ccnc(NCc2ccc(Br)cc2)n1. The lowest BCUT2D eigenvalue weighted by Gasteiger charge is -2.04. The summed E-state index contributed by atoms with van der Waals surface area (Å²) in [6, 6.07) is 11.5. The van der Waals surface area contributed by atoms with Crippen molar-refractivity contribution in [3.63, 3.8) is 0 Å². The molecule has 0 saturated carbocycles. The van der Waals surface area contributed by atoms with Crippen molar-refractivity contribution in [2.45, 2.75) is 6.54 Å². The highest BCUT2D eigenvalue weighted by atomic mass is 79.9. The van der Waals surface area contributed by atoms with Crippen molar-refractivity contribution in [3.05, 3.63) is 52.3 Å². The van der Waals surface area contributed by atoms with Crippen molar-refractivity contribution in [2.75, 3.05) is 5.32 Å². The van der Waals surface area contributed by atoms with Crippen molar-refractivity contribution in [3.8, 4) is 6.07 Å². The largest absolute Gasteiger partial charge is 0.350 e. The van der Waals surface area contributed by atoms with Crippen LogP contribution in [0, 0.1) is 11.3 Å². The molecule has 2 rings (SSSR count). The number of nitriles is 1. The van der Waals surface area contributed by atoms with Crippen molar-refractivity contribution in [2.24, 2.45) is 0 Å². The van der Waals surface area contributed by atoms with E-state index in [9.17, 15) is 0 Å². The zero-order chi connectivity index (χ0) is 12.1. The maximum Gasteiger partial charge on any atom is 0.224 e. The number of anilines is 1. The van der Waals surface area contributed by atoms with Gasteiger partial charge in [-0.05, 0) is 23.8 Å². The quantitative estimate of drug-likeness (QED) is 0.943. The molecule has 0 aliphatic carbocycles. The molecule has 2 aromatic rings. The molecular formula is C12H9BrN4. The minimum Gasteiger partial charge on any atom is -0.350 e. The van der Waals surface area contributed by atoms with E-state index in [0.29, 0.717) is 18.2 Å². The van der Waals surface area contributed by atoms with Gasteiger partial charge in [-0.25, -0.2) is 9.97 Å². The molecule has 0 spiro atoms. The summed E-state index contributed by atoms with van der Waals surface area (Å²) in [7, 11) is 0. The standard InChI is InChI=1S/C12H9BrN4/c13-10-3-1-9(2-4-10)8-16-12-15-6-5-11(7-14)17-12/h1-6H,8H2,(H,15,16,17). The number of nitrogens with zero attached hydrogens (tertiary/aromatic N) is 3. The van der Waals surface area contributed by atoms with Gasteiger partial charge < -0.3 is 5.32 Å². The van der Waals surface area contributed by atoms with E-state index in [1.807, 2.05) is 30.3 Å². The number of benzene rings is 1. The number of halogens is 1. The molecule has 84 valence electrons. The summed E-state index contributed by atoms with van der Waals surface area (Å²) < 4.78 is 1.05. The van der Waals surface area contributed by atoms with E-state index < -0.39 is 0 Å². The van der Waals surface area contributed by atoms with Crippen LogP contribution in [-0.2, 0) is 6.54 Å². The van der Waals surface area contributed by atoms with Crippen LogP contribution in [0.25, 0.3) is 0 Å². The van der Waals surface area contributed by atoms with E-state index in [2.05, 4.69) is 31.2 Å². The second kappa shape index (κ2) is 5.41. The summed E-state index contributed by atoms with van der Waals surface area (Å²) in [4.78, 5) is 8.07. The zero-order valence-electron chi connectivity index (χ0n) is 8.89. The van der Waals surface area contributed by atoms with Gasteiger partial charge in [0, 0.05) is 17.2 Å². The van der Waals surface area contributed by atoms with Crippen LogP contribution in [0.3, 0.4) is 0 Å².